The molecule has 0 fully saturated rings. The Labute approximate surface area is 109 Å². The third kappa shape index (κ3) is 3.76. The molecule has 0 bridgehead atoms. The van der Waals surface area contributed by atoms with Crippen LogP contribution >= 0.6 is 23.3 Å². The monoisotopic (exact) mass is 266 g/mol. The van der Waals surface area contributed by atoms with E-state index in [9.17, 15) is 0 Å². The number of aromatic nitrogens is 3. The summed E-state index contributed by atoms with van der Waals surface area (Å²) in [4.78, 5) is 8.69. The zero-order valence-electron chi connectivity index (χ0n) is 9.80. The Bertz CT molecular complexity index is 467. The lowest BCUT2D eigenvalue weighted by Gasteiger charge is -2.02. The van der Waals surface area contributed by atoms with Gasteiger partial charge in [-0.2, -0.15) is 4.37 Å². The van der Waals surface area contributed by atoms with Crippen LogP contribution in [-0.4, -0.2) is 20.9 Å². The summed E-state index contributed by atoms with van der Waals surface area (Å²) in [7, 11) is 0. The largest absolute Gasteiger partial charge is 0.313 e. The summed E-state index contributed by atoms with van der Waals surface area (Å²) in [5.41, 5.74) is 1.20. The Kier molecular flexibility index (Phi) is 4.47. The maximum Gasteiger partial charge on any atom is 0.176 e. The zero-order valence-corrected chi connectivity index (χ0v) is 11.4. The number of hydrogen-bond donors (Lipinski definition) is 1. The molecule has 1 N–H and O–H groups in total. The molecule has 0 amide bonds. The number of nitrogens with zero attached hydrogens (tertiary/aromatic N) is 3. The van der Waals surface area contributed by atoms with Crippen molar-refractivity contribution in [2.24, 2.45) is 0 Å². The van der Waals surface area contributed by atoms with Crippen molar-refractivity contribution in [1.82, 2.24) is 19.7 Å². The smallest absolute Gasteiger partial charge is 0.176 e. The summed E-state index contributed by atoms with van der Waals surface area (Å²) < 4.78 is 5.08. The SMILES string of the molecule is CCNCc1ccc(Sc2nc(C)ns2)nc1. The molecule has 17 heavy (non-hydrogen) atoms. The maximum absolute atomic E-state index is 4.40. The van der Waals surface area contributed by atoms with Crippen molar-refractivity contribution in [2.75, 3.05) is 6.54 Å². The lowest BCUT2D eigenvalue weighted by atomic mass is 10.3. The summed E-state index contributed by atoms with van der Waals surface area (Å²) in [6, 6.07) is 4.11. The van der Waals surface area contributed by atoms with E-state index in [-0.39, 0.29) is 0 Å². The van der Waals surface area contributed by atoms with Crippen LogP contribution in [0.4, 0.5) is 0 Å². The van der Waals surface area contributed by atoms with Crippen LogP contribution in [0, 0.1) is 6.92 Å². The first-order chi connectivity index (χ1) is 8.28. The summed E-state index contributed by atoms with van der Waals surface area (Å²) in [6.45, 7) is 5.83. The minimum Gasteiger partial charge on any atom is -0.313 e. The van der Waals surface area contributed by atoms with E-state index in [1.807, 2.05) is 19.2 Å². The molecule has 6 heteroatoms. The maximum atomic E-state index is 4.40. The first kappa shape index (κ1) is 12.5. The van der Waals surface area contributed by atoms with Crippen LogP contribution in [0.15, 0.2) is 27.7 Å². The highest BCUT2D eigenvalue weighted by Crippen LogP contribution is 2.27. The minimum atomic E-state index is 0.821. The van der Waals surface area contributed by atoms with Crippen molar-refractivity contribution in [1.29, 1.82) is 0 Å². The highest BCUT2D eigenvalue weighted by molar-refractivity contribution is 8.00. The summed E-state index contributed by atoms with van der Waals surface area (Å²) in [5, 5.41) is 4.23. The van der Waals surface area contributed by atoms with Gasteiger partial charge in [-0.3, -0.25) is 0 Å². The van der Waals surface area contributed by atoms with Gasteiger partial charge in [-0.25, -0.2) is 9.97 Å². The molecule has 4 nitrogen and oxygen atoms in total. The number of rotatable bonds is 5. The predicted octanol–water partition coefficient (Wildman–Crippen LogP) is 2.50. The van der Waals surface area contributed by atoms with Crippen LogP contribution in [0.1, 0.15) is 18.3 Å². The van der Waals surface area contributed by atoms with Crippen molar-refractivity contribution in [2.45, 2.75) is 29.8 Å². The number of pyridine rings is 1. The fourth-order valence-corrected chi connectivity index (χ4v) is 2.79. The van der Waals surface area contributed by atoms with E-state index >= 15 is 0 Å². The second-order valence-electron chi connectivity index (χ2n) is 3.49. The first-order valence-corrected chi connectivity index (χ1v) is 7.00. The molecule has 0 aromatic carbocycles. The molecule has 0 saturated carbocycles. The highest BCUT2D eigenvalue weighted by atomic mass is 32.2. The van der Waals surface area contributed by atoms with E-state index in [0.717, 1.165) is 28.3 Å². The average Bonchev–Trinajstić information content (AvgIpc) is 2.74. The number of aryl methyl sites for hydroxylation is 1. The fraction of sp³-hybridized carbons (Fsp3) is 0.364. The molecule has 0 aliphatic heterocycles. The van der Waals surface area contributed by atoms with Crippen LogP contribution in [-0.2, 0) is 6.54 Å². The molecule has 2 heterocycles. The highest BCUT2D eigenvalue weighted by Gasteiger charge is 2.04. The van der Waals surface area contributed by atoms with E-state index < -0.39 is 0 Å². The van der Waals surface area contributed by atoms with Gasteiger partial charge in [0.2, 0.25) is 0 Å². The standard InChI is InChI=1S/C11H14N4S2/c1-3-12-6-9-4-5-10(13-7-9)16-11-14-8(2)15-17-11/h4-5,7,12H,3,6H2,1-2H3. The second-order valence-corrected chi connectivity index (χ2v) is 5.51. The van der Waals surface area contributed by atoms with Crippen LogP contribution < -0.4 is 5.32 Å². The third-order valence-corrected chi connectivity index (χ3v) is 3.87. The van der Waals surface area contributed by atoms with E-state index in [1.165, 1.54) is 17.1 Å². The summed E-state index contributed by atoms with van der Waals surface area (Å²) in [6.07, 6.45) is 1.90. The van der Waals surface area contributed by atoms with E-state index in [2.05, 4.69) is 32.6 Å². The van der Waals surface area contributed by atoms with Gasteiger partial charge in [-0.1, -0.05) is 13.0 Å². The van der Waals surface area contributed by atoms with Gasteiger partial charge in [-0.15, -0.1) is 0 Å². The molecule has 0 aliphatic carbocycles. The van der Waals surface area contributed by atoms with Crippen molar-refractivity contribution < 1.29 is 0 Å². The van der Waals surface area contributed by atoms with Crippen molar-refractivity contribution in [3.05, 3.63) is 29.7 Å². The normalized spacial score (nSPS) is 10.7. The Balaban J connectivity index is 1.98. The lowest BCUT2D eigenvalue weighted by Crippen LogP contribution is -2.11. The molecule has 0 radical (unpaired) electrons. The summed E-state index contributed by atoms with van der Waals surface area (Å²) in [5.74, 6) is 0.821. The molecule has 2 rings (SSSR count). The Morgan fingerprint density at radius 2 is 2.29 bits per heavy atom. The molecule has 2 aromatic heterocycles. The number of nitrogens with one attached hydrogen (secondary N) is 1. The molecule has 0 aliphatic rings. The zero-order chi connectivity index (χ0) is 12.1. The Morgan fingerprint density at radius 1 is 1.41 bits per heavy atom. The van der Waals surface area contributed by atoms with Gasteiger partial charge in [0, 0.05) is 12.7 Å². The van der Waals surface area contributed by atoms with E-state index in [0.29, 0.717) is 0 Å². The molecular weight excluding hydrogens is 252 g/mol. The molecule has 90 valence electrons. The van der Waals surface area contributed by atoms with Crippen LogP contribution in [0.3, 0.4) is 0 Å². The second kappa shape index (κ2) is 6.09. The molecule has 0 atom stereocenters. The topological polar surface area (TPSA) is 50.7 Å². The van der Waals surface area contributed by atoms with Gasteiger partial charge >= 0.3 is 0 Å². The van der Waals surface area contributed by atoms with Crippen molar-refractivity contribution in [3.63, 3.8) is 0 Å². The Morgan fingerprint density at radius 3 is 2.88 bits per heavy atom. The third-order valence-electron chi connectivity index (χ3n) is 2.08. The van der Waals surface area contributed by atoms with E-state index in [4.69, 9.17) is 0 Å². The van der Waals surface area contributed by atoms with Gasteiger partial charge < -0.3 is 5.32 Å². The lowest BCUT2D eigenvalue weighted by molar-refractivity contribution is 0.723. The van der Waals surface area contributed by atoms with Gasteiger partial charge in [0.15, 0.2) is 4.34 Å². The molecule has 0 spiro atoms. The van der Waals surface area contributed by atoms with E-state index in [1.54, 1.807) is 11.8 Å². The summed E-state index contributed by atoms with van der Waals surface area (Å²) >= 11 is 2.97. The minimum absolute atomic E-state index is 0.821. The van der Waals surface area contributed by atoms with Gasteiger partial charge in [-0.05, 0) is 48.4 Å². The predicted molar refractivity (Wildman–Crippen MR) is 70.4 cm³/mol. The van der Waals surface area contributed by atoms with Crippen molar-refractivity contribution in [3.8, 4) is 0 Å². The quantitative estimate of drug-likeness (QED) is 0.901. The number of hydrogen-bond acceptors (Lipinski definition) is 6. The molecule has 0 unspecified atom stereocenters. The average molecular weight is 266 g/mol. The van der Waals surface area contributed by atoms with Crippen molar-refractivity contribution >= 4 is 23.3 Å². The molecule has 2 aromatic rings. The fourth-order valence-electron chi connectivity index (χ4n) is 1.25. The van der Waals surface area contributed by atoms with Crippen LogP contribution in [0.25, 0.3) is 0 Å². The van der Waals surface area contributed by atoms with Gasteiger partial charge in [0.1, 0.15) is 10.9 Å². The Hall–Kier alpha value is -0.980. The van der Waals surface area contributed by atoms with Gasteiger partial charge in [0.25, 0.3) is 0 Å². The molecular formula is C11H14N4S2. The van der Waals surface area contributed by atoms with Crippen LogP contribution in [0.2, 0.25) is 0 Å². The first-order valence-electron chi connectivity index (χ1n) is 5.41. The van der Waals surface area contributed by atoms with Crippen LogP contribution in [0.5, 0.6) is 0 Å². The molecule has 0 saturated heterocycles. The van der Waals surface area contributed by atoms with Gasteiger partial charge in [0.05, 0.1) is 0 Å².